The predicted octanol–water partition coefficient (Wildman–Crippen LogP) is 2.45. The highest BCUT2D eigenvalue weighted by molar-refractivity contribution is 5.35. The Balaban J connectivity index is 2.47. The third-order valence-corrected chi connectivity index (χ3v) is 2.55. The van der Waals surface area contributed by atoms with Crippen LogP contribution >= 0.6 is 0 Å². The van der Waals surface area contributed by atoms with E-state index in [0.717, 1.165) is 6.07 Å². The first-order valence-electron chi connectivity index (χ1n) is 5.26. The van der Waals surface area contributed by atoms with Crippen molar-refractivity contribution in [1.82, 2.24) is 4.98 Å². The van der Waals surface area contributed by atoms with Gasteiger partial charge in [-0.15, -0.1) is 0 Å². The van der Waals surface area contributed by atoms with Gasteiger partial charge >= 0.3 is 0 Å². The highest BCUT2D eigenvalue weighted by Crippen LogP contribution is 2.29. The summed E-state index contributed by atoms with van der Waals surface area (Å²) in [4.78, 5) is 3.72. The maximum atomic E-state index is 13.9. The van der Waals surface area contributed by atoms with Crippen molar-refractivity contribution in [3.8, 4) is 5.75 Å². The lowest BCUT2D eigenvalue weighted by molar-refractivity contribution is 0.203. The minimum absolute atomic E-state index is 0.0112. The van der Waals surface area contributed by atoms with Crippen molar-refractivity contribution in [3.05, 3.63) is 59.4 Å². The number of aliphatic hydroxyl groups excluding tert-OH is 1. The Labute approximate surface area is 103 Å². The van der Waals surface area contributed by atoms with Gasteiger partial charge in [-0.25, -0.2) is 8.78 Å². The molecule has 0 aliphatic heterocycles. The minimum Gasteiger partial charge on any atom is -0.494 e. The fourth-order valence-corrected chi connectivity index (χ4v) is 1.64. The molecule has 2 rings (SSSR count). The van der Waals surface area contributed by atoms with Gasteiger partial charge in [-0.2, -0.15) is 0 Å². The molecule has 94 valence electrons. The Kier molecular flexibility index (Phi) is 3.53. The maximum Gasteiger partial charge on any atom is 0.171 e. The van der Waals surface area contributed by atoms with Crippen LogP contribution in [0, 0.1) is 11.6 Å². The standard InChI is InChI=1S/C13H11F2NO2/c1-18-10-6-2-4-8(11(10)15)13(17)12-9(14)5-3-7-16-12/h2-7,13,17H,1H3. The van der Waals surface area contributed by atoms with Gasteiger partial charge in [0.1, 0.15) is 17.6 Å². The summed E-state index contributed by atoms with van der Waals surface area (Å²) < 4.78 is 32.2. The third-order valence-electron chi connectivity index (χ3n) is 2.55. The molecule has 2 aromatic rings. The van der Waals surface area contributed by atoms with E-state index in [1.165, 1.54) is 37.6 Å². The number of aromatic nitrogens is 1. The van der Waals surface area contributed by atoms with Crippen LogP contribution in [-0.4, -0.2) is 17.2 Å². The van der Waals surface area contributed by atoms with Gasteiger partial charge in [0, 0.05) is 11.8 Å². The van der Waals surface area contributed by atoms with Crippen molar-refractivity contribution >= 4 is 0 Å². The van der Waals surface area contributed by atoms with E-state index in [2.05, 4.69) is 4.98 Å². The lowest BCUT2D eigenvalue weighted by atomic mass is 10.0. The molecule has 1 aromatic heterocycles. The van der Waals surface area contributed by atoms with E-state index in [-0.39, 0.29) is 17.0 Å². The highest BCUT2D eigenvalue weighted by atomic mass is 19.1. The van der Waals surface area contributed by atoms with Crippen molar-refractivity contribution in [3.63, 3.8) is 0 Å². The van der Waals surface area contributed by atoms with Gasteiger partial charge in [0.05, 0.1) is 7.11 Å². The SMILES string of the molecule is COc1cccc(C(O)c2ncccc2F)c1F. The quantitative estimate of drug-likeness (QED) is 0.911. The Morgan fingerprint density at radius 2 is 2.00 bits per heavy atom. The van der Waals surface area contributed by atoms with Crippen LogP contribution in [0.2, 0.25) is 0 Å². The lowest BCUT2D eigenvalue weighted by Gasteiger charge is -2.13. The molecule has 1 unspecified atom stereocenters. The molecule has 0 spiro atoms. The summed E-state index contributed by atoms with van der Waals surface area (Å²) in [5.41, 5.74) is -0.295. The first kappa shape index (κ1) is 12.4. The van der Waals surface area contributed by atoms with Crippen molar-refractivity contribution in [2.75, 3.05) is 7.11 Å². The van der Waals surface area contributed by atoms with E-state index in [0.29, 0.717) is 0 Å². The monoisotopic (exact) mass is 251 g/mol. The number of ether oxygens (including phenoxy) is 1. The molecule has 0 saturated carbocycles. The normalized spacial score (nSPS) is 12.2. The number of halogens is 2. The van der Waals surface area contributed by atoms with E-state index in [4.69, 9.17) is 4.74 Å². The van der Waals surface area contributed by atoms with Crippen molar-refractivity contribution in [2.45, 2.75) is 6.10 Å². The summed E-state index contributed by atoms with van der Waals surface area (Å²) in [5.74, 6) is -1.42. The zero-order valence-electron chi connectivity index (χ0n) is 9.60. The van der Waals surface area contributed by atoms with E-state index in [9.17, 15) is 13.9 Å². The van der Waals surface area contributed by atoms with Gasteiger partial charge in [-0.05, 0) is 18.2 Å². The summed E-state index contributed by atoms with van der Waals surface area (Å²) in [6.45, 7) is 0. The van der Waals surface area contributed by atoms with Gasteiger partial charge in [-0.3, -0.25) is 4.98 Å². The smallest absolute Gasteiger partial charge is 0.171 e. The molecule has 0 aliphatic rings. The Bertz CT molecular complexity index is 560. The van der Waals surface area contributed by atoms with E-state index in [1.54, 1.807) is 0 Å². The van der Waals surface area contributed by atoms with Gasteiger partial charge in [0.25, 0.3) is 0 Å². The van der Waals surface area contributed by atoms with Crippen molar-refractivity contribution in [2.24, 2.45) is 0 Å². The van der Waals surface area contributed by atoms with E-state index >= 15 is 0 Å². The largest absolute Gasteiger partial charge is 0.494 e. The van der Waals surface area contributed by atoms with Crippen molar-refractivity contribution < 1.29 is 18.6 Å². The molecular formula is C13H11F2NO2. The molecule has 1 heterocycles. The van der Waals surface area contributed by atoms with Crippen LogP contribution in [0.4, 0.5) is 8.78 Å². The molecule has 3 nitrogen and oxygen atoms in total. The van der Waals surface area contributed by atoms with Crippen LogP contribution < -0.4 is 4.74 Å². The summed E-state index contributed by atoms with van der Waals surface area (Å²) in [6.07, 6.45) is -0.138. The maximum absolute atomic E-state index is 13.9. The number of rotatable bonds is 3. The molecule has 0 aliphatic carbocycles. The summed E-state index contributed by atoms with van der Waals surface area (Å²) in [6, 6.07) is 6.84. The topological polar surface area (TPSA) is 42.4 Å². The van der Waals surface area contributed by atoms with Crippen LogP contribution in [0.5, 0.6) is 5.75 Å². The summed E-state index contributed by atoms with van der Waals surface area (Å²) in [7, 11) is 1.32. The molecule has 1 atom stereocenters. The molecule has 18 heavy (non-hydrogen) atoms. The number of benzene rings is 1. The molecule has 0 fully saturated rings. The summed E-state index contributed by atoms with van der Waals surface area (Å²) in [5, 5.41) is 9.98. The minimum atomic E-state index is -1.47. The second-order valence-corrected chi connectivity index (χ2v) is 3.64. The average molecular weight is 251 g/mol. The molecule has 1 aromatic carbocycles. The van der Waals surface area contributed by atoms with Gasteiger partial charge < -0.3 is 9.84 Å². The first-order chi connectivity index (χ1) is 8.65. The number of hydrogen-bond donors (Lipinski definition) is 1. The molecule has 5 heteroatoms. The van der Waals surface area contributed by atoms with E-state index in [1.807, 2.05) is 0 Å². The predicted molar refractivity (Wildman–Crippen MR) is 61.2 cm³/mol. The Hall–Kier alpha value is -2.01. The van der Waals surface area contributed by atoms with Crippen LogP contribution in [0.3, 0.4) is 0 Å². The zero-order chi connectivity index (χ0) is 13.1. The Morgan fingerprint density at radius 3 is 2.67 bits per heavy atom. The number of hydrogen-bond acceptors (Lipinski definition) is 3. The molecule has 0 radical (unpaired) electrons. The second-order valence-electron chi connectivity index (χ2n) is 3.64. The van der Waals surface area contributed by atoms with Crippen LogP contribution in [0.1, 0.15) is 17.4 Å². The first-order valence-corrected chi connectivity index (χ1v) is 5.26. The molecule has 0 saturated heterocycles. The number of nitrogens with zero attached hydrogens (tertiary/aromatic N) is 1. The van der Waals surface area contributed by atoms with Crippen LogP contribution in [0.25, 0.3) is 0 Å². The molecule has 0 bridgehead atoms. The number of methoxy groups -OCH3 is 1. The second kappa shape index (κ2) is 5.10. The third kappa shape index (κ3) is 2.17. The van der Waals surface area contributed by atoms with Crippen LogP contribution in [-0.2, 0) is 0 Å². The summed E-state index contributed by atoms with van der Waals surface area (Å²) >= 11 is 0. The van der Waals surface area contributed by atoms with Crippen LogP contribution in [0.15, 0.2) is 36.5 Å². The van der Waals surface area contributed by atoms with E-state index < -0.39 is 17.7 Å². The van der Waals surface area contributed by atoms with Gasteiger partial charge in [0.15, 0.2) is 11.6 Å². The average Bonchev–Trinajstić information content (AvgIpc) is 2.39. The molecule has 0 amide bonds. The number of pyridine rings is 1. The fraction of sp³-hybridized carbons (Fsp3) is 0.154. The highest BCUT2D eigenvalue weighted by Gasteiger charge is 2.21. The molecule has 1 N–H and O–H groups in total. The molecular weight excluding hydrogens is 240 g/mol. The Morgan fingerprint density at radius 1 is 1.22 bits per heavy atom. The van der Waals surface area contributed by atoms with Gasteiger partial charge in [-0.1, -0.05) is 12.1 Å². The zero-order valence-corrected chi connectivity index (χ0v) is 9.60. The van der Waals surface area contributed by atoms with Crippen molar-refractivity contribution in [1.29, 1.82) is 0 Å². The number of aliphatic hydroxyl groups is 1. The fourth-order valence-electron chi connectivity index (χ4n) is 1.64. The van der Waals surface area contributed by atoms with Gasteiger partial charge in [0.2, 0.25) is 0 Å². The lowest BCUT2D eigenvalue weighted by Crippen LogP contribution is -2.08.